The molecule has 1 aromatic rings. The molecule has 1 amide bonds. The van der Waals surface area contributed by atoms with E-state index in [0.717, 1.165) is 15.8 Å². The van der Waals surface area contributed by atoms with Crippen LogP contribution in [0, 0.1) is 0 Å². The van der Waals surface area contributed by atoms with Crippen LogP contribution < -0.4 is 5.73 Å². The Morgan fingerprint density at radius 2 is 2.29 bits per heavy atom. The Morgan fingerprint density at radius 3 is 2.76 bits per heavy atom. The molecule has 3 nitrogen and oxygen atoms in total. The Kier molecular flexibility index (Phi) is 5.16. The maximum absolute atomic E-state index is 12.2. The van der Waals surface area contributed by atoms with E-state index in [9.17, 15) is 4.79 Å². The van der Waals surface area contributed by atoms with Crippen molar-refractivity contribution in [3.8, 4) is 0 Å². The zero-order valence-electron chi connectivity index (χ0n) is 10.5. The highest BCUT2D eigenvalue weighted by Crippen LogP contribution is 2.22. The van der Waals surface area contributed by atoms with E-state index in [4.69, 9.17) is 5.73 Å². The van der Waals surface area contributed by atoms with Crippen molar-refractivity contribution in [2.24, 2.45) is 5.73 Å². The molecule has 0 aliphatic rings. The van der Waals surface area contributed by atoms with Crippen LogP contribution in [-0.2, 0) is 11.3 Å². The zero-order chi connectivity index (χ0) is 13.1. The molecule has 1 heterocycles. The molecule has 1 unspecified atom stereocenters. The Morgan fingerprint density at radius 1 is 1.65 bits per heavy atom. The number of amides is 1. The Labute approximate surface area is 115 Å². The molecule has 2 N–H and O–H groups in total. The molecule has 0 radical (unpaired) electrons. The van der Waals surface area contributed by atoms with E-state index in [1.807, 2.05) is 18.4 Å². The van der Waals surface area contributed by atoms with E-state index in [1.165, 1.54) is 0 Å². The number of nitrogens with zero attached hydrogens (tertiary/aromatic N) is 1. The van der Waals surface area contributed by atoms with Crippen LogP contribution in [0.2, 0.25) is 0 Å². The van der Waals surface area contributed by atoms with Gasteiger partial charge in [-0.1, -0.05) is 13.3 Å². The Bertz CT molecular complexity index is 390. The number of carbonyl (C=O) groups excluding carboxylic acids is 1. The first-order valence-corrected chi connectivity index (χ1v) is 7.31. The maximum atomic E-state index is 12.2. The predicted molar refractivity (Wildman–Crippen MR) is 76.0 cm³/mol. The first kappa shape index (κ1) is 14.7. The van der Waals surface area contributed by atoms with Crippen molar-refractivity contribution in [2.45, 2.75) is 38.8 Å². The first-order chi connectivity index (χ1) is 7.86. The standard InChI is InChI=1S/C12H19BrN2OS/c1-4-5-12(2,14)11(16)15(3)7-9-6-10(13)17-8-9/h6,8H,4-5,7,14H2,1-3H3. The molecule has 0 saturated carbocycles. The number of rotatable bonds is 5. The van der Waals surface area contributed by atoms with Crippen molar-refractivity contribution in [1.82, 2.24) is 4.90 Å². The smallest absolute Gasteiger partial charge is 0.242 e. The first-order valence-electron chi connectivity index (χ1n) is 5.64. The fraction of sp³-hybridized carbons (Fsp3) is 0.583. The van der Waals surface area contributed by atoms with Crippen LogP contribution in [0.15, 0.2) is 15.2 Å². The van der Waals surface area contributed by atoms with Crippen LogP contribution in [0.4, 0.5) is 0 Å². The average Bonchev–Trinajstić information content (AvgIpc) is 2.62. The molecular formula is C12H19BrN2OS. The van der Waals surface area contributed by atoms with Gasteiger partial charge in [0.05, 0.1) is 9.33 Å². The molecule has 0 spiro atoms. The molecule has 1 rings (SSSR count). The van der Waals surface area contributed by atoms with Gasteiger partial charge in [0, 0.05) is 13.6 Å². The van der Waals surface area contributed by atoms with E-state index in [1.54, 1.807) is 30.2 Å². The van der Waals surface area contributed by atoms with Gasteiger partial charge >= 0.3 is 0 Å². The molecule has 17 heavy (non-hydrogen) atoms. The van der Waals surface area contributed by atoms with Crippen molar-refractivity contribution in [3.63, 3.8) is 0 Å². The highest BCUT2D eigenvalue weighted by molar-refractivity contribution is 9.11. The van der Waals surface area contributed by atoms with E-state index >= 15 is 0 Å². The molecule has 1 aromatic heterocycles. The van der Waals surface area contributed by atoms with Crippen LogP contribution in [-0.4, -0.2) is 23.4 Å². The quantitative estimate of drug-likeness (QED) is 0.907. The third-order valence-electron chi connectivity index (χ3n) is 2.65. The maximum Gasteiger partial charge on any atom is 0.242 e. The van der Waals surface area contributed by atoms with Gasteiger partial charge in [-0.3, -0.25) is 4.79 Å². The Balaban J connectivity index is 2.64. The molecule has 1 atom stereocenters. The predicted octanol–water partition coefficient (Wildman–Crippen LogP) is 2.99. The topological polar surface area (TPSA) is 46.3 Å². The molecule has 0 bridgehead atoms. The van der Waals surface area contributed by atoms with Crippen LogP contribution in [0.25, 0.3) is 0 Å². The van der Waals surface area contributed by atoms with Crippen molar-refractivity contribution < 1.29 is 4.79 Å². The molecule has 0 aliphatic heterocycles. The van der Waals surface area contributed by atoms with Gasteiger partial charge in [-0.15, -0.1) is 11.3 Å². The summed E-state index contributed by atoms with van der Waals surface area (Å²) in [5.41, 5.74) is 6.41. The lowest BCUT2D eigenvalue weighted by Crippen LogP contribution is -2.51. The lowest BCUT2D eigenvalue weighted by atomic mass is 9.96. The second-order valence-corrected chi connectivity index (χ2v) is 6.88. The fourth-order valence-corrected chi connectivity index (χ4v) is 3.04. The van der Waals surface area contributed by atoms with Gasteiger partial charge in [-0.05, 0) is 46.3 Å². The van der Waals surface area contributed by atoms with Crippen molar-refractivity contribution >= 4 is 33.2 Å². The second kappa shape index (κ2) is 5.98. The van der Waals surface area contributed by atoms with Gasteiger partial charge < -0.3 is 10.6 Å². The molecule has 0 aliphatic carbocycles. The highest BCUT2D eigenvalue weighted by Gasteiger charge is 2.30. The summed E-state index contributed by atoms with van der Waals surface area (Å²) in [5, 5.41) is 2.04. The summed E-state index contributed by atoms with van der Waals surface area (Å²) >= 11 is 5.04. The number of nitrogens with two attached hydrogens (primary N) is 1. The number of halogens is 1. The summed E-state index contributed by atoms with van der Waals surface area (Å²) in [6, 6.07) is 2.03. The summed E-state index contributed by atoms with van der Waals surface area (Å²) in [5.74, 6) is 0.00155. The van der Waals surface area contributed by atoms with Gasteiger partial charge in [0.25, 0.3) is 0 Å². The van der Waals surface area contributed by atoms with E-state index in [-0.39, 0.29) is 5.91 Å². The lowest BCUT2D eigenvalue weighted by Gasteiger charge is -2.28. The Hall–Kier alpha value is -0.390. The molecule has 96 valence electrons. The number of carbonyl (C=O) groups is 1. The normalized spacial score (nSPS) is 14.4. The highest BCUT2D eigenvalue weighted by atomic mass is 79.9. The SMILES string of the molecule is CCCC(C)(N)C(=O)N(C)Cc1csc(Br)c1. The summed E-state index contributed by atoms with van der Waals surface area (Å²) in [7, 11) is 1.80. The molecule has 5 heteroatoms. The summed E-state index contributed by atoms with van der Waals surface area (Å²) in [4.78, 5) is 13.9. The van der Waals surface area contributed by atoms with E-state index in [2.05, 4.69) is 15.9 Å². The molecule has 0 saturated heterocycles. The van der Waals surface area contributed by atoms with Gasteiger partial charge in [0.2, 0.25) is 5.91 Å². The lowest BCUT2D eigenvalue weighted by molar-refractivity contribution is -0.135. The zero-order valence-corrected chi connectivity index (χ0v) is 12.9. The third-order valence-corrected chi connectivity index (χ3v) is 4.20. The molecule has 0 fully saturated rings. The monoisotopic (exact) mass is 318 g/mol. The van der Waals surface area contributed by atoms with Crippen LogP contribution in [0.5, 0.6) is 0 Å². The third kappa shape index (κ3) is 4.08. The number of hydrogen-bond donors (Lipinski definition) is 1. The van der Waals surface area contributed by atoms with Crippen molar-refractivity contribution in [2.75, 3.05) is 7.05 Å². The van der Waals surface area contributed by atoms with E-state index in [0.29, 0.717) is 13.0 Å². The van der Waals surface area contributed by atoms with Gasteiger partial charge in [0.15, 0.2) is 0 Å². The largest absolute Gasteiger partial charge is 0.340 e. The fourth-order valence-electron chi connectivity index (χ4n) is 1.84. The minimum absolute atomic E-state index is 0.00155. The van der Waals surface area contributed by atoms with Crippen LogP contribution in [0.1, 0.15) is 32.3 Å². The van der Waals surface area contributed by atoms with Crippen LogP contribution >= 0.6 is 27.3 Å². The van der Waals surface area contributed by atoms with Crippen molar-refractivity contribution in [3.05, 3.63) is 20.8 Å². The average molecular weight is 319 g/mol. The summed E-state index contributed by atoms with van der Waals surface area (Å²) in [6.45, 7) is 4.45. The number of thiophene rings is 1. The second-order valence-electron chi connectivity index (χ2n) is 4.59. The van der Waals surface area contributed by atoms with Gasteiger partial charge in [0.1, 0.15) is 0 Å². The molecular weight excluding hydrogens is 300 g/mol. The van der Waals surface area contributed by atoms with Crippen molar-refractivity contribution in [1.29, 1.82) is 0 Å². The minimum Gasteiger partial charge on any atom is -0.340 e. The number of likely N-dealkylation sites (N-methyl/N-ethyl adjacent to an activating group) is 1. The summed E-state index contributed by atoms with van der Waals surface area (Å²) < 4.78 is 1.08. The van der Waals surface area contributed by atoms with Gasteiger partial charge in [-0.25, -0.2) is 0 Å². The van der Waals surface area contributed by atoms with Crippen LogP contribution in [0.3, 0.4) is 0 Å². The van der Waals surface area contributed by atoms with Gasteiger partial charge in [-0.2, -0.15) is 0 Å². The number of hydrogen-bond acceptors (Lipinski definition) is 3. The minimum atomic E-state index is -0.753. The summed E-state index contributed by atoms with van der Waals surface area (Å²) in [6.07, 6.45) is 1.63. The molecule has 0 aromatic carbocycles. The van der Waals surface area contributed by atoms with E-state index < -0.39 is 5.54 Å².